The van der Waals surface area contributed by atoms with Crippen molar-refractivity contribution in [1.82, 2.24) is 5.32 Å². The zero-order chi connectivity index (χ0) is 13.5. The lowest BCUT2D eigenvalue weighted by molar-refractivity contribution is 0.0155. The maximum Gasteiger partial charge on any atom is 0.0779 e. The molecule has 2 nitrogen and oxygen atoms in total. The summed E-state index contributed by atoms with van der Waals surface area (Å²) in [5, 5.41) is 3.79. The molecule has 0 amide bonds. The van der Waals surface area contributed by atoms with Crippen LogP contribution in [0.3, 0.4) is 0 Å². The molecule has 19 heavy (non-hydrogen) atoms. The van der Waals surface area contributed by atoms with Crippen LogP contribution in [0.5, 0.6) is 0 Å². The van der Waals surface area contributed by atoms with E-state index in [-0.39, 0.29) is 5.60 Å². The van der Waals surface area contributed by atoms with Crippen molar-refractivity contribution in [3.63, 3.8) is 0 Å². The number of hydrogen-bond acceptors (Lipinski definition) is 2. The minimum atomic E-state index is 0.0353. The van der Waals surface area contributed by atoms with Crippen LogP contribution in [-0.2, 0) is 11.2 Å². The summed E-state index contributed by atoms with van der Waals surface area (Å²) in [6.45, 7) is 8.84. The second-order valence-electron chi connectivity index (χ2n) is 7.08. The minimum Gasteiger partial charge on any atom is -0.374 e. The zero-order valence-electron chi connectivity index (χ0n) is 12.3. The average Bonchev–Trinajstić information content (AvgIpc) is 2.88. The Morgan fingerprint density at radius 1 is 1.26 bits per heavy atom. The largest absolute Gasteiger partial charge is 0.374 e. The zero-order valence-corrected chi connectivity index (χ0v) is 12.3. The van der Waals surface area contributed by atoms with Crippen molar-refractivity contribution >= 4 is 0 Å². The molecule has 0 aromatic heterocycles. The summed E-state index contributed by atoms with van der Waals surface area (Å²) >= 11 is 0. The summed E-state index contributed by atoms with van der Waals surface area (Å²) in [5.41, 5.74) is 3.31. The molecule has 2 atom stereocenters. The summed E-state index contributed by atoms with van der Waals surface area (Å²) in [7, 11) is 0. The number of rotatable bonds is 3. The van der Waals surface area contributed by atoms with E-state index in [9.17, 15) is 0 Å². The van der Waals surface area contributed by atoms with Gasteiger partial charge in [-0.15, -0.1) is 0 Å². The second kappa shape index (κ2) is 4.60. The van der Waals surface area contributed by atoms with Gasteiger partial charge in [-0.2, -0.15) is 0 Å². The van der Waals surface area contributed by atoms with Gasteiger partial charge in [0.1, 0.15) is 0 Å². The van der Waals surface area contributed by atoms with E-state index >= 15 is 0 Å². The Hall–Kier alpha value is -0.860. The molecule has 0 spiro atoms. The molecule has 1 N–H and O–H groups in total. The van der Waals surface area contributed by atoms with Crippen LogP contribution in [0.15, 0.2) is 24.3 Å². The topological polar surface area (TPSA) is 21.3 Å². The number of benzene rings is 1. The molecule has 1 aromatic rings. The Morgan fingerprint density at radius 2 is 2.05 bits per heavy atom. The van der Waals surface area contributed by atoms with Gasteiger partial charge in [0.2, 0.25) is 0 Å². The molecular weight excluding hydrogens is 234 g/mol. The van der Waals surface area contributed by atoms with Crippen molar-refractivity contribution in [3.05, 3.63) is 35.4 Å². The number of hydrogen-bond donors (Lipinski definition) is 1. The first-order valence-corrected chi connectivity index (χ1v) is 7.45. The molecule has 2 aliphatic rings. The van der Waals surface area contributed by atoms with Gasteiger partial charge >= 0.3 is 0 Å². The van der Waals surface area contributed by atoms with Gasteiger partial charge in [-0.1, -0.05) is 38.1 Å². The smallest absolute Gasteiger partial charge is 0.0779 e. The first-order valence-electron chi connectivity index (χ1n) is 7.45. The Morgan fingerprint density at radius 3 is 2.79 bits per heavy atom. The predicted octanol–water partition coefficient (Wildman–Crippen LogP) is 3.47. The highest BCUT2D eigenvalue weighted by atomic mass is 16.5. The van der Waals surface area contributed by atoms with Gasteiger partial charge in [-0.25, -0.2) is 0 Å². The van der Waals surface area contributed by atoms with E-state index in [0.29, 0.717) is 11.5 Å². The quantitative estimate of drug-likeness (QED) is 0.897. The van der Waals surface area contributed by atoms with Crippen LogP contribution in [0.1, 0.15) is 50.8 Å². The maximum atomic E-state index is 5.89. The molecule has 1 aromatic carbocycles. The number of ether oxygens (including phenoxy) is 1. The first-order chi connectivity index (χ1) is 9.00. The normalized spacial score (nSPS) is 32.5. The van der Waals surface area contributed by atoms with Crippen LogP contribution in [0.2, 0.25) is 0 Å². The number of nitrogens with one attached hydrogen (secondary N) is 1. The van der Waals surface area contributed by atoms with Crippen molar-refractivity contribution in [1.29, 1.82) is 0 Å². The molecule has 104 valence electrons. The van der Waals surface area contributed by atoms with E-state index in [1.54, 1.807) is 0 Å². The van der Waals surface area contributed by atoms with Gasteiger partial charge in [-0.05, 0) is 42.7 Å². The van der Waals surface area contributed by atoms with Crippen molar-refractivity contribution < 1.29 is 4.74 Å². The molecule has 2 unspecified atom stereocenters. The fourth-order valence-electron chi connectivity index (χ4n) is 3.67. The van der Waals surface area contributed by atoms with Gasteiger partial charge < -0.3 is 10.1 Å². The molecule has 1 aliphatic heterocycles. The highest BCUT2D eigenvalue weighted by Gasteiger charge is 2.40. The molecule has 0 saturated carbocycles. The monoisotopic (exact) mass is 259 g/mol. The molecule has 3 rings (SSSR count). The van der Waals surface area contributed by atoms with Gasteiger partial charge in [0, 0.05) is 19.2 Å². The van der Waals surface area contributed by atoms with Crippen LogP contribution in [0, 0.1) is 5.41 Å². The molecule has 1 heterocycles. The highest BCUT2D eigenvalue weighted by Crippen LogP contribution is 2.45. The van der Waals surface area contributed by atoms with Gasteiger partial charge in [0.25, 0.3) is 0 Å². The standard InChI is InChI=1S/C17H25NO/c1-16(2)11-13-7-4-5-8-14(13)15(16)18-12-17(3)9-6-10-19-17/h4-5,7-8,15,18H,6,9-12H2,1-3H3. The molecule has 1 aliphatic carbocycles. The molecule has 0 radical (unpaired) electrons. The van der Waals surface area contributed by atoms with E-state index in [4.69, 9.17) is 4.74 Å². The summed E-state index contributed by atoms with van der Waals surface area (Å²) in [5.74, 6) is 0. The van der Waals surface area contributed by atoms with Crippen molar-refractivity contribution in [2.75, 3.05) is 13.2 Å². The van der Waals surface area contributed by atoms with Crippen molar-refractivity contribution in [2.24, 2.45) is 5.41 Å². The lowest BCUT2D eigenvalue weighted by Crippen LogP contribution is -2.42. The minimum absolute atomic E-state index is 0.0353. The summed E-state index contributed by atoms with van der Waals surface area (Å²) < 4.78 is 5.89. The van der Waals surface area contributed by atoms with E-state index in [0.717, 1.165) is 13.2 Å². The van der Waals surface area contributed by atoms with Crippen LogP contribution < -0.4 is 5.32 Å². The van der Waals surface area contributed by atoms with Crippen LogP contribution in [-0.4, -0.2) is 18.8 Å². The molecule has 1 saturated heterocycles. The van der Waals surface area contributed by atoms with Gasteiger partial charge in [0.15, 0.2) is 0 Å². The SMILES string of the molecule is CC1(CNC2c3ccccc3CC2(C)C)CCCO1. The highest BCUT2D eigenvalue weighted by molar-refractivity contribution is 5.37. The maximum absolute atomic E-state index is 5.89. The Balaban J connectivity index is 1.76. The van der Waals surface area contributed by atoms with Gasteiger partial charge in [0.05, 0.1) is 5.60 Å². The third-order valence-corrected chi connectivity index (χ3v) is 4.77. The lowest BCUT2D eigenvalue weighted by Gasteiger charge is -2.32. The Kier molecular flexibility index (Phi) is 3.18. The fraction of sp³-hybridized carbons (Fsp3) is 0.647. The lowest BCUT2D eigenvalue weighted by atomic mass is 9.85. The summed E-state index contributed by atoms with van der Waals surface area (Å²) in [6, 6.07) is 9.30. The van der Waals surface area contributed by atoms with Crippen LogP contribution >= 0.6 is 0 Å². The summed E-state index contributed by atoms with van der Waals surface area (Å²) in [4.78, 5) is 0. The van der Waals surface area contributed by atoms with Crippen molar-refractivity contribution in [2.45, 2.75) is 51.7 Å². The Labute approximate surface area is 116 Å². The van der Waals surface area contributed by atoms with E-state index < -0.39 is 0 Å². The predicted molar refractivity (Wildman–Crippen MR) is 78.3 cm³/mol. The van der Waals surface area contributed by atoms with Gasteiger partial charge in [-0.3, -0.25) is 0 Å². The first kappa shape index (κ1) is 13.1. The number of fused-ring (bicyclic) bond motifs is 1. The third-order valence-electron chi connectivity index (χ3n) is 4.77. The van der Waals surface area contributed by atoms with Crippen molar-refractivity contribution in [3.8, 4) is 0 Å². The van der Waals surface area contributed by atoms with E-state index in [1.807, 2.05) is 0 Å². The molecule has 2 heteroatoms. The third kappa shape index (κ3) is 2.44. The van der Waals surface area contributed by atoms with E-state index in [2.05, 4.69) is 50.4 Å². The average molecular weight is 259 g/mol. The van der Waals surface area contributed by atoms with Crippen LogP contribution in [0.4, 0.5) is 0 Å². The summed E-state index contributed by atoms with van der Waals surface area (Å²) in [6.07, 6.45) is 3.54. The van der Waals surface area contributed by atoms with E-state index in [1.165, 1.54) is 30.4 Å². The molecule has 1 fully saturated rings. The molecule has 0 bridgehead atoms. The molecular formula is C17H25NO. The van der Waals surface area contributed by atoms with Crippen LogP contribution in [0.25, 0.3) is 0 Å². The second-order valence-corrected chi connectivity index (χ2v) is 7.08. The fourth-order valence-corrected chi connectivity index (χ4v) is 3.67. The Bertz CT molecular complexity index is 460.